The lowest BCUT2D eigenvalue weighted by atomic mass is 10.2. The summed E-state index contributed by atoms with van der Waals surface area (Å²) in [5.74, 6) is -1.96. The number of carbonyl (C=O) groups is 3. The number of fused-ring (bicyclic) bond motifs is 1. The number of carbonyl (C=O) groups excluding carboxylic acids is 1. The molecular formula is C18H26N5O6+. The van der Waals surface area contributed by atoms with Gasteiger partial charge in [-0.05, 0) is 25.7 Å². The van der Waals surface area contributed by atoms with Crippen molar-refractivity contribution >= 4 is 35.0 Å². The number of carboxylic acids is 2. The van der Waals surface area contributed by atoms with Crippen LogP contribution in [0.3, 0.4) is 0 Å². The molecule has 0 radical (unpaired) electrons. The molecule has 3 N–H and O–H groups in total. The number of aryl methyl sites for hydroxylation is 2. The Hall–Kier alpha value is -3.24. The van der Waals surface area contributed by atoms with E-state index >= 15 is 0 Å². The van der Waals surface area contributed by atoms with Gasteiger partial charge in [0.15, 0.2) is 6.33 Å². The molecule has 11 nitrogen and oxygen atoms in total. The van der Waals surface area contributed by atoms with Gasteiger partial charge in [0.05, 0.1) is 13.6 Å². The summed E-state index contributed by atoms with van der Waals surface area (Å²) in [5.41, 5.74) is 0.355. The molecule has 0 atom stereocenters. The van der Waals surface area contributed by atoms with Crippen molar-refractivity contribution in [3.8, 4) is 0 Å². The predicted molar refractivity (Wildman–Crippen MR) is 103 cm³/mol. The van der Waals surface area contributed by atoms with E-state index in [-0.39, 0.29) is 31.2 Å². The SMILES string of the molecule is CC(=O)N(CCCCC(=O)O)c1nc2c(c(=O)[nH]1)n(C)c[n+]2CCCCC(=O)O. The zero-order valence-corrected chi connectivity index (χ0v) is 16.6. The van der Waals surface area contributed by atoms with Crippen LogP contribution in [0.25, 0.3) is 11.2 Å². The first-order valence-electron chi connectivity index (χ1n) is 9.41. The Kier molecular flexibility index (Phi) is 7.46. The van der Waals surface area contributed by atoms with Crippen LogP contribution in [0.1, 0.15) is 45.4 Å². The first-order valence-corrected chi connectivity index (χ1v) is 9.41. The highest BCUT2D eigenvalue weighted by atomic mass is 16.4. The molecule has 11 heteroatoms. The van der Waals surface area contributed by atoms with Crippen molar-refractivity contribution in [2.75, 3.05) is 11.4 Å². The molecule has 0 aliphatic rings. The van der Waals surface area contributed by atoms with E-state index < -0.39 is 17.5 Å². The van der Waals surface area contributed by atoms with Gasteiger partial charge in [0.2, 0.25) is 11.4 Å². The van der Waals surface area contributed by atoms with Gasteiger partial charge in [-0.15, -0.1) is 0 Å². The maximum atomic E-state index is 12.6. The Labute approximate surface area is 166 Å². The number of carboxylic acid groups (broad SMARTS) is 2. The summed E-state index contributed by atoms with van der Waals surface area (Å²) in [6, 6.07) is 0. The molecule has 2 aromatic heterocycles. The zero-order chi connectivity index (χ0) is 21.6. The number of unbranched alkanes of at least 4 members (excludes halogenated alkanes) is 2. The lowest BCUT2D eigenvalue weighted by Gasteiger charge is -2.16. The largest absolute Gasteiger partial charge is 0.481 e. The first kappa shape index (κ1) is 22.1. The van der Waals surface area contributed by atoms with Crippen molar-refractivity contribution in [3.63, 3.8) is 0 Å². The van der Waals surface area contributed by atoms with Crippen LogP contribution in [0.15, 0.2) is 11.1 Å². The van der Waals surface area contributed by atoms with E-state index in [1.165, 1.54) is 11.8 Å². The Bertz CT molecular complexity index is 964. The predicted octanol–water partition coefficient (Wildman–Crippen LogP) is 0.412. The summed E-state index contributed by atoms with van der Waals surface area (Å²) in [6.45, 7) is 2.08. The summed E-state index contributed by atoms with van der Waals surface area (Å²) in [7, 11) is 1.71. The number of nitrogens with one attached hydrogen (secondary N) is 1. The van der Waals surface area contributed by atoms with E-state index in [2.05, 4.69) is 9.97 Å². The Morgan fingerprint density at radius 1 is 1.14 bits per heavy atom. The van der Waals surface area contributed by atoms with Crippen LogP contribution in [0, 0.1) is 0 Å². The number of imidazole rings is 1. The Balaban J connectivity index is 2.27. The summed E-state index contributed by atoms with van der Waals surface area (Å²) < 4.78 is 3.39. The van der Waals surface area contributed by atoms with Gasteiger partial charge in [0, 0.05) is 26.3 Å². The van der Waals surface area contributed by atoms with Crippen LogP contribution in [0.5, 0.6) is 0 Å². The van der Waals surface area contributed by atoms with Gasteiger partial charge in [0.1, 0.15) is 0 Å². The third kappa shape index (κ3) is 5.87. The molecule has 0 saturated carbocycles. The number of amides is 1. The lowest BCUT2D eigenvalue weighted by molar-refractivity contribution is -0.674. The van der Waals surface area contributed by atoms with E-state index in [1.807, 2.05) is 0 Å². The summed E-state index contributed by atoms with van der Waals surface area (Å²) in [4.78, 5) is 54.4. The molecule has 0 saturated heterocycles. The highest BCUT2D eigenvalue weighted by Gasteiger charge is 2.24. The van der Waals surface area contributed by atoms with E-state index in [4.69, 9.17) is 10.2 Å². The van der Waals surface area contributed by atoms with Crippen LogP contribution in [-0.2, 0) is 28.0 Å². The van der Waals surface area contributed by atoms with Gasteiger partial charge >= 0.3 is 17.6 Å². The molecule has 0 bridgehead atoms. The van der Waals surface area contributed by atoms with E-state index in [9.17, 15) is 19.2 Å². The number of H-pyrrole nitrogens is 1. The van der Waals surface area contributed by atoms with Crippen molar-refractivity contribution in [1.82, 2.24) is 14.5 Å². The minimum absolute atomic E-state index is 0.00373. The van der Waals surface area contributed by atoms with Gasteiger partial charge in [-0.3, -0.25) is 33.6 Å². The molecule has 0 unspecified atom stereocenters. The number of hydrogen-bond acceptors (Lipinski definition) is 5. The number of nitrogens with zero attached hydrogens (tertiary/aromatic N) is 4. The molecule has 1 amide bonds. The summed E-state index contributed by atoms with van der Waals surface area (Å²) >= 11 is 0. The number of aromatic nitrogens is 4. The maximum Gasteiger partial charge on any atom is 0.311 e. The van der Waals surface area contributed by atoms with Crippen molar-refractivity contribution in [2.24, 2.45) is 7.05 Å². The highest BCUT2D eigenvalue weighted by Crippen LogP contribution is 2.12. The molecular weight excluding hydrogens is 382 g/mol. The molecule has 0 aromatic carbocycles. The van der Waals surface area contributed by atoms with Crippen LogP contribution in [0.2, 0.25) is 0 Å². The topological polar surface area (TPSA) is 149 Å². The first-order chi connectivity index (χ1) is 13.7. The number of anilines is 1. The normalized spacial score (nSPS) is 11.0. The van der Waals surface area contributed by atoms with E-state index in [1.54, 1.807) is 22.5 Å². The van der Waals surface area contributed by atoms with Gasteiger partial charge in [-0.2, -0.15) is 0 Å². The lowest BCUT2D eigenvalue weighted by Crippen LogP contribution is -2.36. The van der Waals surface area contributed by atoms with Crippen LogP contribution >= 0.6 is 0 Å². The van der Waals surface area contributed by atoms with Gasteiger partial charge in [-0.25, -0.2) is 4.57 Å². The minimum Gasteiger partial charge on any atom is -0.481 e. The fourth-order valence-electron chi connectivity index (χ4n) is 3.09. The van der Waals surface area contributed by atoms with Crippen molar-refractivity contribution in [3.05, 3.63) is 16.7 Å². The second kappa shape index (κ2) is 9.80. The third-order valence-corrected chi connectivity index (χ3v) is 4.50. The molecule has 0 fully saturated rings. The summed E-state index contributed by atoms with van der Waals surface area (Å²) in [6.07, 6.45) is 3.74. The Morgan fingerprint density at radius 3 is 2.34 bits per heavy atom. The molecule has 2 heterocycles. The van der Waals surface area contributed by atoms with Gasteiger partial charge < -0.3 is 10.2 Å². The number of aliphatic carboxylic acids is 2. The number of aromatic amines is 1. The molecule has 0 aliphatic heterocycles. The van der Waals surface area contributed by atoms with Crippen LogP contribution < -0.4 is 15.0 Å². The molecule has 0 spiro atoms. The Morgan fingerprint density at radius 2 is 1.76 bits per heavy atom. The average molecular weight is 408 g/mol. The molecule has 2 rings (SSSR count). The van der Waals surface area contributed by atoms with Gasteiger partial charge in [-0.1, -0.05) is 4.98 Å². The van der Waals surface area contributed by atoms with Crippen molar-refractivity contribution in [2.45, 2.75) is 52.0 Å². The average Bonchev–Trinajstić information content (AvgIpc) is 2.94. The quantitative estimate of drug-likeness (QED) is 0.360. The molecule has 0 aliphatic carbocycles. The second-order valence-corrected chi connectivity index (χ2v) is 6.85. The molecule has 158 valence electrons. The van der Waals surface area contributed by atoms with Crippen LogP contribution in [0.4, 0.5) is 5.95 Å². The third-order valence-electron chi connectivity index (χ3n) is 4.50. The van der Waals surface area contributed by atoms with Crippen LogP contribution in [-0.4, -0.2) is 49.1 Å². The number of hydrogen-bond donors (Lipinski definition) is 3. The summed E-state index contributed by atoms with van der Waals surface area (Å²) in [5, 5.41) is 17.5. The zero-order valence-electron chi connectivity index (χ0n) is 16.6. The van der Waals surface area contributed by atoms with Crippen molar-refractivity contribution < 1.29 is 29.2 Å². The highest BCUT2D eigenvalue weighted by molar-refractivity contribution is 5.90. The van der Waals surface area contributed by atoms with Crippen molar-refractivity contribution in [1.29, 1.82) is 0 Å². The second-order valence-electron chi connectivity index (χ2n) is 6.85. The monoisotopic (exact) mass is 408 g/mol. The minimum atomic E-state index is -0.902. The van der Waals surface area contributed by atoms with E-state index in [0.717, 1.165) is 0 Å². The fraction of sp³-hybridized carbons (Fsp3) is 0.556. The standard InChI is InChI=1S/C18H25N5O6/c1-12(24)23(10-6-4-8-14(27)28)18-19-16-15(17(29)20-18)21(2)11-22(16)9-5-3-7-13(25)26/h11H,3-10H2,1-2H3,(H2-,19,20,25,26,27,28,29)/p+1. The maximum absolute atomic E-state index is 12.6. The fourth-order valence-corrected chi connectivity index (χ4v) is 3.09. The van der Waals surface area contributed by atoms with E-state index in [0.29, 0.717) is 43.4 Å². The molecule has 2 aromatic rings. The van der Waals surface area contributed by atoms with Gasteiger partial charge in [0.25, 0.3) is 11.5 Å². The smallest absolute Gasteiger partial charge is 0.311 e. The number of rotatable bonds is 11. The molecule has 29 heavy (non-hydrogen) atoms.